The Hall–Kier alpha value is -2.15. The highest BCUT2D eigenvalue weighted by atomic mass is 16.2. The van der Waals surface area contributed by atoms with Gasteiger partial charge in [-0.25, -0.2) is 4.98 Å². The highest BCUT2D eigenvalue weighted by Crippen LogP contribution is 2.21. The summed E-state index contributed by atoms with van der Waals surface area (Å²) in [6, 6.07) is 3.83. The second-order valence-electron chi connectivity index (χ2n) is 8.25. The molecule has 0 aliphatic carbocycles. The van der Waals surface area contributed by atoms with E-state index < -0.39 is 0 Å². The molecule has 7 heteroatoms. The van der Waals surface area contributed by atoms with Gasteiger partial charge in [-0.1, -0.05) is 0 Å². The zero-order valence-electron chi connectivity index (χ0n) is 16.5. The Balaban J connectivity index is 1.29. The van der Waals surface area contributed by atoms with E-state index in [4.69, 9.17) is 0 Å². The molecule has 0 bridgehead atoms. The van der Waals surface area contributed by atoms with Crippen LogP contribution in [0.15, 0.2) is 18.3 Å². The Kier molecular flexibility index (Phi) is 6.10. The number of nitrogens with one attached hydrogen (secondary N) is 2. The first-order chi connectivity index (χ1) is 13.7. The molecule has 1 aromatic heterocycles. The fourth-order valence-electron chi connectivity index (χ4n) is 4.52. The molecule has 4 heterocycles. The number of aromatic nitrogens is 1. The lowest BCUT2D eigenvalue weighted by Crippen LogP contribution is -2.46. The second-order valence-corrected chi connectivity index (χ2v) is 8.25. The topological polar surface area (TPSA) is 77.6 Å². The minimum Gasteiger partial charge on any atom is -0.357 e. The molecule has 1 aromatic rings. The van der Waals surface area contributed by atoms with Crippen LogP contribution in [0.4, 0.5) is 5.82 Å². The molecule has 4 rings (SSSR count). The molecule has 0 spiro atoms. The molecular formula is C21H31N5O2. The van der Waals surface area contributed by atoms with Crippen molar-refractivity contribution in [2.45, 2.75) is 44.6 Å². The summed E-state index contributed by atoms with van der Waals surface area (Å²) in [7, 11) is 0. The maximum atomic E-state index is 12.9. The van der Waals surface area contributed by atoms with E-state index in [1.807, 2.05) is 17.0 Å². The van der Waals surface area contributed by atoms with Crippen LogP contribution in [0.5, 0.6) is 0 Å². The van der Waals surface area contributed by atoms with E-state index in [9.17, 15) is 9.59 Å². The Morgan fingerprint density at radius 2 is 1.96 bits per heavy atom. The third-order valence-corrected chi connectivity index (χ3v) is 6.17. The maximum absolute atomic E-state index is 12.9. The maximum Gasteiger partial charge on any atom is 0.255 e. The van der Waals surface area contributed by atoms with Gasteiger partial charge in [0.2, 0.25) is 5.91 Å². The first-order valence-electron chi connectivity index (χ1n) is 10.7. The van der Waals surface area contributed by atoms with E-state index >= 15 is 0 Å². The fourth-order valence-corrected chi connectivity index (χ4v) is 4.52. The van der Waals surface area contributed by atoms with Gasteiger partial charge in [0.05, 0.1) is 11.6 Å². The zero-order chi connectivity index (χ0) is 19.3. The van der Waals surface area contributed by atoms with Gasteiger partial charge in [-0.15, -0.1) is 0 Å². The van der Waals surface area contributed by atoms with Crippen LogP contribution in [-0.2, 0) is 4.79 Å². The van der Waals surface area contributed by atoms with Gasteiger partial charge in [-0.3, -0.25) is 9.59 Å². The van der Waals surface area contributed by atoms with Gasteiger partial charge in [0.25, 0.3) is 5.91 Å². The molecule has 152 valence electrons. The van der Waals surface area contributed by atoms with Gasteiger partial charge in [0, 0.05) is 38.9 Å². The van der Waals surface area contributed by atoms with Crippen molar-refractivity contribution in [2.75, 3.05) is 44.2 Å². The molecule has 2 unspecified atom stereocenters. The molecular weight excluding hydrogens is 354 g/mol. The Bertz CT molecular complexity index is 681. The van der Waals surface area contributed by atoms with Crippen LogP contribution in [-0.4, -0.2) is 67.0 Å². The van der Waals surface area contributed by atoms with E-state index in [1.54, 1.807) is 6.20 Å². The monoisotopic (exact) mass is 385 g/mol. The number of pyridine rings is 1. The van der Waals surface area contributed by atoms with E-state index in [1.165, 1.54) is 12.8 Å². The number of anilines is 1. The van der Waals surface area contributed by atoms with Crippen LogP contribution in [0.3, 0.4) is 0 Å². The van der Waals surface area contributed by atoms with Gasteiger partial charge < -0.3 is 20.4 Å². The molecule has 7 nitrogen and oxygen atoms in total. The number of rotatable bonds is 5. The molecule has 28 heavy (non-hydrogen) atoms. The third-order valence-electron chi connectivity index (χ3n) is 6.17. The van der Waals surface area contributed by atoms with Gasteiger partial charge in [0.1, 0.15) is 5.82 Å². The van der Waals surface area contributed by atoms with Crippen LogP contribution in [0.1, 0.15) is 48.9 Å². The molecule has 0 aromatic carbocycles. The number of carbonyl (C=O) groups excluding carboxylic acids is 2. The highest BCUT2D eigenvalue weighted by molar-refractivity contribution is 5.94. The summed E-state index contributed by atoms with van der Waals surface area (Å²) in [6.45, 7) is 5.15. The third kappa shape index (κ3) is 4.46. The normalized spacial score (nSPS) is 25.1. The van der Waals surface area contributed by atoms with Crippen LogP contribution >= 0.6 is 0 Å². The lowest BCUT2D eigenvalue weighted by Gasteiger charge is -2.33. The summed E-state index contributed by atoms with van der Waals surface area (Å²) in [5.41, 5.74) is 0.655. The first kappa shape index (κ1) is 19.2. The largest absolute Gasteiger partial charge is 0.357 e. The quantitative estimate of drug-likeness (QED) is 0.801. The fraction of sp³-hybridized carbons (Fsp3) is 0.667. The van der Waals surface area contributed by atoms with Crippen LogP contribution in [0.2, 0.25) is 0 Å². The molecule has 3 aliphatic rings. The SMILES string of the molecule is O=C(NCC1CCCN(C(=O)c2ccc(N3CCCC3)nc2)C1)C1CCCN1. The van der Waals surface area contributed by atoms with E-state index in [0.29, 0.717) is 24.6 Å². The predicted octanol–water partition coefficient (Wildman–Crippen LogP) is 1.40. The number of piperidine rings is 1. The lowest BCUT2D eigenvalue weighted by atomic mass is 9.97. The lowest BCUT2D eigenvalue weighted by molar-refractivity contribution is -0.123. The molecule has 2 atom stereocenters. The summed E-state index contributed by atoms with van der Waals surface area (Å²) in [5, 5.41) is 6.31. The molecule has 2 N–H and O–H groups in total. The smallest absolute Gasteiger partial charge is 0.255 e. The van der Waals surface area contributed by atoms with Crippen molar-refractivity contribution >= 4 is 17.6 Å². The van der Waals surface area contributed by atoms with Crippen molar-refractivity contribution in [3.63, 3.8) is 0 Å². The van der Waals surface area contributed by atoms with Crippen LogP contribution < -0.4 is 15.5 Å². The van der Waals surface area contributed by atoms with Crippen molar-refractivity contribution < 1.29 is 9.59 Å². The molecule has 3 fully saturated rings. The summed E-state index contributed by atoms with van der Waals surface area (Å²) >= 11 is 0. The van der Waals surface area contributed by atoms with Crippen molar-refractivity contribution in [1.29, 1.82) is 0 Å². The minimum absolute atomic E-state index is 0.0403. The Morgan fingerprint density at radius 1 is 1.11 bits per heavy atom. The van der Waals surface area contributed by atoms with Gasteiger partial charge >= 0.3 is 0 Å². The molecule has 3 aliphatic heterocycles. The van der Waals surface area contributed by atoms with Crippen LogP contribution in [0, 0.1) is 5.92 Å². The number of carbonyl (C=O) groups is 2. The number of amides is 2. The molecule has 2 amide bonds. The van der Waals surface area contributed by atoms with E-state index in [2.05, 4.69) is 20.5 Å². The molecule has 3 saturated heterocycles. The van der Waals surface area contributed by atoms with Gasteiger partial charge in [0.15, 0.2) is 0 Å². The number of hydrogen-bond donors (Lipinski definition) is 2. The van der Waals surface area contributed by atoms with Crippen molar-refractivity contribution in [3.05, 3.63) is 23.9 Å². The predicted molar refractivity (Wildman–Crippen MR) is 108 cm³/mol. The summed E-state index contributed by atoms with van der Waals surface area (Å²) in [6.07, 6.45) is 8.15. The number of nitrogens with zero attached hydrogens (tertiary/aromatic N) is 3. The van der Waals surface area contributed by atoms with Gasteiger partial charge in [-0.05, 0) is 63.1 Å². The summed E-state index contributed by atoms with van der Waals surface area (Å²) in [4.78, 5) is 33.8. The summed E-state index contributed by atoms with van der Waals surface area (Å²) in [5.74, 6) is 1.44. The zero-order valence-corrected chi connectivity index (χ0v) is 16.5. The van der Waals surface area contributed by atoms with Gasteiger partial charge in [-0.2, -0.15) is 0 Å². The second kappa shape index (κ2) is 8.90. The van der Waals surface area contributed by atoms with Crippen LogP contribution in [0.25, 0.3) is 0 Å². The van der Waals surface area contributed by atoms with Crippen molar-refractivity contribution in [3.8, 4) is 0 Å². The highest BCUT2D eigenvalue weighted by Gasteiger charge is 2.27. The molecule has 0 saturated carbocycles. The Morgan fingerprint density at radius 3 is 2.68 bits per heavy atom. The molecule has 0 radical (unpaired) electrons. The number of hydrogen-bond acceptors (Lipinski definition) is 5. The van der Waals surface area contributed by atoms with Crippen molar-refractivity contribution in [1.82, 2.24) is 20.5 Å². The standard InChI is InChI=1S/C21H31N5O2/c27-20(18-6-3-9-22-18)24-13-16-5-4-12-26(15-16)21(28)17-7-8-19(23-14-17)25-10-1-2-11-25/h7-8,14,16,18,22H,1-6,9-13,15H2,(H,24,27). The Labute approximate surface area is 166 Å². The first-order valence-corrected chi connectivity index (χ1v) is 10.7. The van der Waals surface area contributed by atoms with E-state index in [-0.39, 0.29) is 17.9 Å². The summed E-state index contributed by atoms with van der Waals surface area (Å²) < 4.78 is 0. The average Bonchev–Trinajstić information content (AvgIpc) is 3.46. The number of likely N-dealkylation sites (tertiary alicyclic amines) is 1. The van der Waals surface area contributed by atoms with Crippen molar-refractivity contribution in [2.24, 2.45) is 5.92 Å². The average molecular weight is 386 g/mol. The van der Waals surface area contributed by atoms with E-state index in [0.717, 1.165) is 57.7 Å². The minimum atomic E-state index is -0.0403.